The number of amides is 2. The molecule has 2 aliphatic heterocycles. The van der Waals surface area contributed by atoms with Gasteiger partial charge in [-0.15, -0.1) is 0 Å². The zero-order chi connectivity index (χ0) is 37.1. The minimum absolute atomic E-state index is 0.0388. The second-order valence-corrected chi connectivity index (χ2v) is 13.3. The SMILES string of the molecule is Cc1ccc(B(O)O)cc1.NC(=O)C1CCN(c2ccncc2-c2ccc(C(F)(F)F)cc2)CC1.NC(=O)C1CCN(c2ccncc2Br)CC1. The Hall–Kier alpha value is -4.47. The van der Waals surface area contributed by atoms with Crippen molar-refractivity contribution in [1.82, 2.24) is 9.97 Å². The molecule has 6 N–H and O–H groups in total. The Kier molecular flexibility index (Phi) is 14.0. The van der Waals surface area contributed by atoms with Crippen LogP contribution in [0, 0.1) is 18.8 Å². The number of halogens is 4. The van der Waals surface area contributed by atoms with Crippen LogP contribution in [-0.2, 0) is 15.8 Å². The highest BCUT2D eigenvalue weighted by atomic mass is 79.9. The lowest BCUT2D eigenvalue weighted by atomic mass is 9.80. The van der Waals surface area contributed by atoms with Crippen molar-refractivity contribution in [3.05, 3.63) is 101 Å². The topological polar surface area (TPSA) is 159 Å². The molecule has 0 spiro atoms. The van der Waals surface area contributed by atoms with Gasteiger partial charge < -0.3 is 31.3 Å². The van der Waals surface area contributed by atoms with Crippen molar-refractivity contribution in [3.8, 4) is 11.1 Å². The third kappa shape index (κ3) is 11.3. The number of nitrogens with zero attached hydrogens (tertiary/aromatic N) is 4. The molecule has 10 nitrogen and oxygen atoms in total. The number of carbonyl (C=O) groups excluding carboxylic acids is 2. The van der Waals surface area contributed by atoms with Crippen LogP contribution in [0.1, 0.15) is 36.8 Å². The molecule has 2 aromatic heterocycles. The van der Waals surface area contributed by atoms with Crippen molar-refractivity contribution in [2.45, 2.75) is 38.8 Å². The maximum Gasteiger partial charge on any atom is 0.488 e. The molecule has 0 bridgehead atoms. The van der Waals surface area contributed by atoms with Crippen molar-refractivity contribution < 1.29 is 32.8 Å². The van der Waals surface area contributed by atoms with Gasteiger partial charge in [-0.05, 0) is 83.8 Å². The molecule has 2 aromatic carbocycles. The van der Waals surface area contributed by atoms with Gasteiger partial charge in [0.15, 0.2) is 0 Å². The molecule has 51 heavy (non-hydrogen) atoms. The van der Waals surface area contributed by atoms with Crippen molar-refractivity contribution in [2.75, 3.05) is 36.0 Å². The van der Waals surface area contributed by atoms with E-state index >= 15 is 0 Å². The van der Waals surface area contributed by atoms with E-state index in [1.54, 1.807) is 36.9 Å². The second-order valence-electron chi connectivity index (χ2n) is 12.4. The van der Waals surface area contributed by atoms with E-state index in [0.29, 0.717) is 37.0 Å². The quantitative estimate of drug-likeness (QED) is 0.206. The molecule has 2 fully saturated rings. The molecule has 0 saturated carbocycles. The lowest BCUT2D eigenvalue weighted by Gasteiger charge is -2.33. The Morgan fingerprint density at radius 1 is 0.765 bits per heavy atom. The largest absolute Gasteiger partial charge is 0.488 e. The smallest absolute Gasteiger partial charge is 0.423 e. The summed E-state index contributed by atoms with van der Waals surface area (Å²) >= 11 is 3.48. The molecular formula is C36H41BBrF3N6O4. The fraction of sp³-hybridized carbons (Fsp3) is 0.333. The fourth-order valence-corrected chi connectivity index (χ4v) is 6.40. The molecule has 2 aliphatic rings. The summed E-state index contributed by atoms with van der Waals surface area (Å²) in [4.78, 5) is 34.9. The highest BCUT2D eigenvalue weighted by molar-refractivity contribution is 9.10. The Balaban J connectivity index is 0.000000191. The highest BCUT2D eigenvalue weighted by Gasteiger charge is 2.30. The summed E-state index contributed by atoms with van der Waals surface area (Å²) in [6.45, 7) is 5.04. The van der Waals surface area contributed by atoms with Gasteiger partial charge in [-0.2, -0.15) is 13.2 Å². The molecule has 0 aliphatic carbocycles. The van der Waals surface area contributed by atoms with Crippen molar-refractivity contribution in [1.29, 1.82) is 0 Å². The van der Waals surface area contributed by atoms with Gasteiger partial charge in [0.2, 0.25) is 11.8 Å². The van der Waals surface area contributed by atoms with Crippen LogP contribution >= 0.6 is 15.9 Å². The lowest BCUT2D eigenvalue weighted by molar-refractivity contribution is -0.137. The number of rotatable bonds is 6. The van der Waals surface area contributed by atoms with Crippen molar-refractivity contribution in [2.24, 2.45) is 23.3 Å². The van der Waals surface area contributed by atoms with E-state index in [4.69, 9.17) is 21.5 Å². The molecule has 6 rings (SSSR count). The molecule has 0 atom stereocenters. The van der Waals surface area contributed by atoms with Gasteiger partial charge in [-0.1, -0.05) is 42.0 Å². The van der Waals surface area contributed by atoms with Gasteiger partial charge >= 0.3 is 13.3 Å². The van der Waals surface area contributed by atoms with E-state index in [9.17, 15) is 22.8 Å². The first kappa shape index (κ1) is 39.3. The Labute approximate surface area is 304 Å². The maximum absolute atomic E-state index is 12.7. The number of anilines is 2. The number of hydrogen-bond acceptors (Lipinski definition) is 8. The van der Waals surface area contributed by atoms with Crippen molar-refractivity contribution in [3.63, 3.8) is 0 Å². The maximum atomic E-state index is 12.7. The first-order valence-electron chi connectivity index (χ1n) is 16.5. The highest BCUT2D eigenvalue weighted by Crippen LogP contribution is 2.35. The Bertz CT molecular complexity index is 1730. The van der Waals surface area contributed by atoms with E-state index in [1.165, 1.54) is 12.1 Å². The molecule has 2 amide bonds. The predicted molar refractivity (Wildman–Crippen MR) is 196 cm³/mol. The molecule has 0 unspecified atom stereocenters. The molecule has 0 radical (unpaired) electrons. The summed E-state index contributed by atoms with van der Waals surface area (Å²) in [5.41, 5.74) is 15.1. The number of carbonyl (C=O) groups is 2. The number of pyridine rings is 2. The monoisotopic (exact) mass is 768 g/mol. The average molecular weight is 769 g/mol. The van der Waals surface area contributed by atoms with Crippen LogP contribution < -0.4 is 26.7 Å². The number of hydrogen-bond donors (Lipinski definition) is 4. The normalized spacial score (nSPS) is 15.2. The molecular weight excluding hydrogens is 728 g/mol. The summed E-state index contributed by atoms with van der Waals surface area (Å²) in [5, 5.41) is 17.3. The molecule has 2 saturated heterocycles. The number of piperidine rings is 2. The minimum atomic E-state index is -4.35. The fourth-order valence-electron chi connectivity index (χ4n) is 5.90. The number of aromatic nitrogens is 2. The summed E-state index contributed by atoms with van der Waals surface area (Å²) in [5.74, 6) is -0.532. The van der Waals surface area contributed by atoms with Crippen LogP contribution in [0.15, 0.2) is 89.9 Å². The summed E-state index contributed by atoms with van der Waals surface area (Å²) in [6, 6.07) is 16.0. The number of primary amides is 2. The van der Waals surface area contributed by atoms with Crippen LogP contribution in [0.3, 0.4) is 0 Å². The van der Waals surface area contributed by atoms with Gasteiger partial charge in [0.25, 0.3) is 0 Å². The third-order valence-electron chi connectivity index (χ3n) is 8.92. The van der Waals surface area contributed by atoms with Crippen LogP contribution in [0.2, 0.25) is 0 Å². The zero-order valence-electron chi connectivity index (χ0n) is 28.1. The third-order valence-corrected chi connectivity index (χ3v) is 9.53. The Morgan fingerprint density at radius 3 is 1.69 bits per heavy atom. The number of aryl methyl sites for hydroxylation is 1. The first-order valence-corrected chi connectivity index (χ1v) is 17.3. The number of alkyl halides is 3. The predicted octanol–water partition coefficient (Wildman–Crippen LogP) is 4.69. The van der Waals surface area contributed by atoms with Gasteiger partial charge in [-0.25, -0.2) is 0 Å². The standard InChI is InChI=1S/C18H18F3N3O.C11H14BrN3O.C7H9BO2/c19-18(20,21)14-3-1-12(2-4-14)15-11-23-8-5-16(15)24-9-6-13(7-10-24)17(22)25;12-9-7-14-4-1-10(9)15-5-2-8(3-6-15)11(13)16;1-6-2-4-7(5-3-6)8(9)10/h1-5,8,11,13H,6-7,9-10H2,(H2,22,25);1,4,7-8H,2-3,5-6H2,(H2,13,16);2-5,9-10H,1H3. The molecule has 15 heteroatoms. The van der Waals surface area contributed by atoms with Crippen LogP contribution in [0.5, 0.6) is 0 Å². The average Bonchev–Trinajstić information content (AvgIpc) is 3.12. The minimum Gasteiger partial charge on any atom is -0.423 e. The van der Waals surface area contributed by atoms with Crippen LogP contribution in [0.25, 0.3) is 11.1 Å². The van der Waals surface area contributed by atoms with Gasteiger partial charge in [0.05, 0.1) is 15.7 Å². The van der Waals surface area contributed by atoms with Crippen LogP contribution in [-0.4, -0.2) is 65.1 Å². The van der Waals surface area contributed by atoms with E-state index in [-0.39, 0.29) is 23.7 Å². The molecule has 270 valence electrons. The first-order chi connectivity index (χ1) is 24.2. The Morgan fingerprint density at radius 2 is 1.24 bits per heavy atom. The zero-order valence-corrected chi connectivity index (χ0v) is 29.7. The van der Waals surface area contributed by atoms with Crippen LogP contribution in [0.4, 0.5) is 24.5 Å². The summed E-state index contributed by atoms with van der Waals surface area (Å²) in [7, 11) is -1.35. The van der Waals surface area contributed by atoms with Gasteiger partial charge in [-0.3, -0.25) is 19.6 Å². The van der Waals surface area contributed by atoms with E-state index in [1.807, 2.05) is 31.2 Å². The molecule has 4 heterocycles. The van der Waals surface area contributed by atoms with E-state index in [2.05, 4.69) is 35.7 Å². The summed E-state index contributed by atoms with van der Waals surface area (Å²) in [6.07, 6.45) is 5.53. The van der Waals surface area contributed by atoms with E-state index in [0.717, 1.165) is 65.0 Å². The van der Waals surface area contributed by atoms with E-state index < -0.39 is 18.9 Å². The lowest BCUT2D eigenvalue weighted by Crippen LogP contribution is -2.38. The van der Waals surface area contributed by atoms with Gasteiger partial charge in [0.1, 0.15) is 0 Å². The molecule has 4 aromatic rings. The second kappa shape index (κ2) is 18.2. The van der Waals surface area contributed by atoms with Gasteiger partial charge in [0, 0.05) is 74.1 Å². The van der Waals surface area contributed by atoms with Crippen molar-refractivity contribution >= 4 is 51.7 Å². The summed E-state index contributed by atoms with van der Waals surface area (Å²) < 4.78 is 39.2. The number of nitrogens with two attached hydrogens (primary N) is 2. The number of benzene rings is 2.